The second kappa shape index (κ2) is 4.71. The fraction of sp³-hybridized carbons (Fsp3) is 0.429. The number of hydrogen-bond donors (Lipinski definition) is 0. The van der Waals surface area contributed by atoms with Crippen molar-refractivity contribution in [3.05, 3.63) is 35.6 Å². The summed E-state index contributed by atoms with van der Waals surface area (Å²) in [7, 11) is 0. The molecule has 2 heteroatoms. The highest BCUT2D eigenvalue weighted by Crippen LogP contribution is 2.21. The van der Waals surface area contributed by atoms with E-state index in [0.717, 1.165) is 31.0 Å². The average Bonchev–Trinajstić information content (AvgIpc) is 2.67. The van der Waals surface area contributed by atoms with Gasteiger partial charge in [0.1, 0.15) is 11.3 Å². The van der Waals surface area contributed by atoms with E-state index in [1.165, 1.54) is 10.9 Å². The van der Waals surface area contributed by atoms with E-state index in [1.807, 2.05) is 0 Å². The third-order valence-corrected chi connectivity index (χ3v) is 3.00. The van der Waals surface area contributed by atoms with Crippen molar-refractivity contribution in [1.82, 2.24) is 4.90 Å². The van der Waals surface area contributed by atoms with Crippen LogP contribution in [0.4, 0.5) is 0 Å². The van der Waals surface area contributed by atoms with E-state index in [2.05, 4.69) is 49.9 Å². The maximum absolute atomic E-state index is 5.82. The molecule has 0 aliphatic heterocycles. The van der Waals surface area contributed by atoms with E-state index in [-0.39, 0.29) is 0 Å². The van der Waals surface area contributed by atoms with Gasteiger partial charge < -0.3 is 4.42 Å². The first-order chi connectivity index (χ1) is 7.72. The average molecular weight is 217 g/mol. The Morgan fingerprint density at radius 3 is 2.56 bits per heavy atom. The predicted octanol–water partition coefficient (Wildman–Crippen LogP) is 3.58. The van der Waals surface area contributed by atoms with Crippen molar-refractivity contribution in [3.63, 3.8) is 0 Å². The van der Waals surface area contributed by atoms with Gasteiger partial charge in [-0.1, -0.05) is 25.5 Å². The van der Waals surface area contributed by atoms with E-state index >= 15 is 0 Å². The maximum atomic E-state index is 5.82. The molecular weight excluding hydrogens is 198 g/mol. The lowest BCUT2D eigenvalue weighted by molar-refractivity contribution is 0.272. The second-order valence-electron chi connectivity index (χ2n) is 4.22. The van der Waals surface area contributed by atoms with Crippen molar-refractivity contribution in [3.8, 4) is 0 Å². The van der Waals surface area contributed by atoms with Crippen LogP contribution in [0, 0.1) is 6.92 Å². The zero-order valence-corrected chi connectivity index (χ0v) is 10.3. The molecule has 2 aromatic rings. The number of nitrogens with zero attached hydrogens (tertiary/aromatic N) is 1. The molecule has 0 fully saturated rings. The third-order valence-electron chi connectivity index (χ3n) is 3.00. The minimum atomic E-state index is 0.903. The van der Waals surface area contributed by atoms with Gasteiger partial charge in [0, 0.05) is 5.39 Å². The molecule has 0 atom stereocenters. The number of fused-ring (bicyclic) bond motifs is 1. The van der Waals surface area contributed by atoms with E-state index in [0.29, 0.717) is 0 Å². The Morgan fingerprint density at radius 2 is 1.88 bits per heavy atom. The molecule has 0 saturated carbocycles. The summed E-state index contributed by atoms with van der Waals surface area (Å²) in [6.07, 6.45) is 0. The summed E-state index contributed by atoms with van der Waals surface area (Å²) in [6.45, 7) is 9.49. The Labute approximate surface area is 96.9 Å². The molecule has 0 radical (unpaired) electrons. The third kappa shape index (κ3) is 2.27. The summed E-state index contributed by atoms with van der Waals surface area (Å²) in [5, 5.41) is 1.21. The molecule has 2 nitrogen and oxygen atoms in total. The first kappa shape index (κ1) is 11.2. The first-order valence-corrected chi connectivity index (χ1v) is 5.94. The molecule has 2 rings (SSSR count). The highest BCUT2D eigenvalue weighted by Gasteiger charge is 2.07. The number of furan rings is 1. The molecule has 0 saturated heterocycles. The molecule has 0 N–H and O–H groups in total. The molecule has 16 heavy (non-hydrogen) atoms. The van der Waals surface area contributed by atoms with Crippen molar-refractivity contribution in [2.75, 3.05) is 13.1 Å². The zero-order chi connectivity index (χ0) is 11.5. The van der Waals surface area contributed by atoms with Gasteiger partial charge >= 0.3 is 0 Å². The fourth-order valence-electron chi connectivity index (χ4n) is 1.96. The maximum Gasteiger partial charge on any atom is 0.134 e. The van der Waals surface area contributed by atoms with Gasteiger partial charge in [-0.25, -0.2) is 0 Å². The van der Waals surface area contributed by atoms with E-state index in [4.69, 9.17) is 4.42 Å². The Bertz CT molecular complexity index is 469. The molecule has 1 aromatic carbocycles. The van der Waals surface area contributed by atoms with Crippen molar-refractivity contribution in [2.24, 2.45) is 0 Å². The molecule has 0 aliphatic rings. The van der Waals surface area contributed by atoms with Gasteiger partial charge in [-0.05, 0) is 38.2 Å². The number of aryl methyl sites for hydroxylation is 1. The minimum Gasteiger partial charge on any atom is -0.460 e. The van der Waals surface area contributed by atoms with Gasteiger partial charge in [0.2, 0.25) is 0 Å². The SMILES string of the molecule is CCN(CC)Cc1cc2cc(C)ccc2o1. The number of benzene rings is 1. The number of hydrogen-bond acceptors (Lipinski definition) is 2. The Kier molecular flexibility index (Phi) is 3.30. The lowest BCUT2D eigenvalue weighted by Gasteiger charge is -2.15. The van der Waals surface area contributed by atoms with Gasteiger partial charge in [0.25, 0.3) is 0 Å². The lowest BCUT2D eigenvalue weighted by atomic mass is 10.2. The quantitative estimate of drug-likeness (QED) is 0.778. The van der Waals surface area contributed by atoms with Crippen LogP contribution in [0.2, 0.25) is 0 Å². The van der Waals surface area contributed by atoms with Gasteiger partial charge in [0.05, 0.1) is 6.54 Å². The highest BCUT2D eigenvalue weighted by molar-refractivity contribution is 5.78. The monoisotopic (exact) mass is 217 g/mol. The van der Waals surface area contributed by atoms with Crippen LogP contribution in [-0.2, 0) is 6.54 Å². The Balaban J connectivity index is 2.25. The summed E-state index contributed by atoms with van der Waals surface area (Å²) < 4.78 is 5.82. The van der Waals surface area contributed by atoms with Gasteiger partial charge in [-0.15, -0.1) is 0 Å². The summed E-state index contributed by atoms with van der Waals surface area (Å²) in [5.41, 5.74) is 2.27. The lowest BCUT2D eigenvalue weighted by Crippen LogP contribution is -2.21. The molecule has 0 spiro atoms. The van der Waals surface area contributed by atoms with Crippen LogP contribution in [0.3, 0.4) is 0 Å². The Hall–Kier alpha value is -1.28. The van der Waals surface area contributed by atoms with Gasteiger partial charge in [-0.3, -0.25) is 4.90 Å². The van der Waals surface area contributed by atoms with Crippen molar-refractivity contribution < 1.29 is 4.42 Å². The second-order valence-corrected chi connectivity index (χ2v) is 4.22. The molecule has 0 amide bonds. The topological polar surface area (TPSA) is 16.4 Å². The van der Waals surface area contributed by atoms with Gasteiger partial charge in [0.15, 0.2) is 0 Å². The van der Waals surface area contributed by atoms with Gasteiger partial charge in [-0.2, -0.15) is 0 Å². The normalized spacial score (nSPS) is 11.5. The van der Waals surface area contributed by atoms with Crippen LogP contribution >= 0.6 is 0 Å². The zero-order valence-electron chi connectivity index (χ0n) is 10.3. The minimum absolute atomic E-state index is 0.903. The summed E-state index contributed by atoms with van der Waals surface area (Å²) in [5.74, 6) is 1.06. The highest BCUT2D eigenvalue weighted by atomic mass is 16.3. The van der Waals surface area contributed by atoms with Crippen LogP contribution in [0.25, 0.3) is 11.0 Å². The van der Waals surface area contributed by atoms with Crippen molar-refractivity contribution in [2.45, 2.75) is 27.3 Å². The smallest absolute Gasteiger partial charge is 0.134 e. The van der Waals surface area contributed by atoms with E-state index in [1.54, 1.807) is 0 Å². The molecule has 1 heterocycles. The first-order valence-electron chi connectivity index (χ1n) is 5.94. The Morgan fingerprint density at radius 1 is 1.12 bits per heavy atom. The number of rotatable bonds is 4. The molecule has 0 bridgehead atoms. The summed E-state index contributed by atoms with van der Waals surface area (Å²) >= 11 is 0. The summed E-state index contributed by atoms with van der Waals surface area (Å²) in [4.78, 5) is 2.35. The van der Waals surface area contributed by atoms with E-state index in [9.17, 15) is 0 Å². The molecule has 1 aromatic heterocycles. The fourth-order valence-corrected chi connectivity index (χ4v) is 1.96. The molecular formula is C14H19NO. The standard InChI is InChI=1S/C14H19NO/c1-4-15(5-2)10-13-9-12-8-11(3)6-7-14(12)16-13/h6-9H,4-5,10H2,1-3H3. The van der Waals surface area contributed by atoms with E-state index < -0.39 is 0 Å². The van der Waals surface area contributed by atoms with Crippen LogP contribution in [0.5, 0.6) is 0 Å². The van der Waals surface area contributed by atoms with Crippen LogP contribution < -0.4 is 0 Å². The van der Waals surface area contributed by atoms with Crippen LogP contribution in [0.15, 0.2) is 28.7 Å². The van der Waals surface area contributed by atoms with Crippen molar-refractivity contribution >= 4 is 11.0 Å². The largest absolute Gasteiger partial charge is 0.460 e. The molecule has 0 unspecified atom stereocenters. The van der Waals surface area contributed by atoms with Crippen molar-refractivity contribution in [1.29, 1.82) is 0 Å². The summed E-state index contributed by atoms with van der Waals surface area (Å²) in [6, 6.07) is 8.47. The molecule has 86 valence electrons. The molecule has 0 aliphatic carbocycles. The van der Waals surface area contributed by atoms with Crippen LogP contribution in [-0.4, -0.2) is 18.0 Å². The predicted molar refractivity (Wildman–Crippen MR) is 67.6 cm³/mol. The van der Waals surface area contributed by atoms with Crippen LogP contribution in [0.1, 0.15) is 25.2 Å².